The van der Waals surface area contributed by atoms with Crippen molar-refractivity contribution in [3.63, 3.8) is 0 Å². The molecule has 0 aliphatic carbocycles. The van der Waals surface area contributed by atoms with Crippen LogP contribution in [0.2, 0.25) is 0 Å². The molecule has 92 valence electrons. The SMILES string of the molecule is CCCC(C)C(NCC)c1sccc1CC. The van der Waals surface area contributed by atoms with Gasteiger partial charge in [0.25, 0.3) is 0 Å². The van der Waals surface area contributed by atoms with Crippen molar-refractivity contribution in [1.82, 2.24) is 5.32 Å². The summed E-state index contributed by atoms with van der Waals surface area (Å²) in [6.45, 7) is 10.1. The molecule has 0 bridgehead atoms. The van der Waals surface area contributed by atoms with Gasteiger partial charge in [-0.25, -0.2) is 0 Å². The summed E-state index contributed by atoms with van der Waals surface area (Å²) in [6.07, 6.45) is 3.73. The maximum atomic E-state index is 3.65. The van der Waals surface area contributed by atoms with Crippen molar-refractivity contribution < 1.29 is 0 Å². The van der Waals surface area contributed by atoms with E-state index in [2.05, 4.69) is 44.5 Å². The lowest BCUT2D eigenvalue weighted by atomic mass is 9.93. The first-order chi connectivity index (χ1) is 7.74. The Morgan fingerprint density at radius 2 is 2.06 bits per heavy atom. The lowest BCUT2D eigenvalue weighted by Gasteiger charge is -2.24. The third-order valence-electron chi connectivity index (χ3n) is 3.18. The van der Waals surface area contributed by atoms with E-state index in [1.54, 1.807) is 4.88 Å². The van der Waals surface area contributed by atoms with Crippen molar-refractivity contribution in [3.05, 3.63) is 21.9 Å². The average Bonchev–Trinajstić information content (AvgIpc) is 2.73. The van der Waals surface area contributed by atoms with Gasteiger partial charge in [-0.3, -0.25) is 0 Å². The number of hydrogen-bond acceptors (Lipinski definition) is 2. The van der Waals surface area contributed by atoms with Crippen molar-refractivity contribution in [2.24, 2.45) is 5.92 Å². The number of rotatable bonds is 7. The van der Waals surface area contributed by atoms with Crippen molar-refractivity contribution >= 4 is 11.3 Å². The highest BCUT2D eigenvalue weighted by Gasteiger charge is 2.20. The van der Waals surface area contributed by atoms with Gasteiger partial charge in [0.2, 0.25) is 0 Å². The molecule has 1 aromatic heterocycles. The molecule has 0 saturated carbocycles. The second kappa shape index (κ2) is 7.08. The molecular formula is C14H25NS. The fourth-order valence-electron chi connectivity index (χ4n) is 2.31. The average molecular weight is 239 g/mol. The Morgan fingerprint density at radius 1 is 1.31 bits per heavy atom. The fraction of sp³-hybridized carbons (Fsp3) is 0.714. The third-order valence-corrected chi connectivity index (χ3v) is 4.22. The van der Waals surface area contributed by atoms with Crippen molar-refractivity contribution in [2.45, 2.75) is 53.0 Å². The Hall–Kier alpha value is -0.340. The van der Waals surface area contributed by atoms with E-state index in [-0.39, 0.29) is 0 Å². The molecule has 16 heavy (non-hydrogen) atoms. The summed E-state index contributed by atoms with van der Waals surface area (Å²) in [6, 6.07) is 2.84. The summed E-state index contributed by atoms with van der Waals surface area (Å²) in [5.41, 5.74) is 1.53. The summed E-state index contributed by atoms with van der Waals surface area (Å²) in [4.78, 5) is 1.56. The van der Waals surface area contributed by atoms with E-state index in [9.17, 15) is 0 Å². The van der Waals surface area contributed by atoms with Crippen LogP contribution in [0.25, 0.3) is 0 Å². The normalized spacial score (nSPS) is 15.0. The van der Waals surface area contributed by atoms with Crippen LogP contribution in [0.15, 0.2) is 11.4 Å². The van der Waals surface area contributed by atoms with Crippen molar-refractivity contribution in [1.29, 1.82) is 0 Å². The first-order valence-corrected chi connectivity index (χ1v) is 7.42. The van der Waals surface area contributed by atoms with Crippen LogP contribution in [0.3, 0.4) is 0 Å². The van der Waals surface area contributed by atoms with Crippen LogP contribution in [-0.4, -0.2) is 6.54 Å². The first-order valence-electron chi connectivity index (χ1n) is 6.54. The number of aryl methyl sites for hydroxylation is 1. The highest BCUT2D eigenvalue weighted by molar-refractivity contribution is 7.10. The zero-order valence-corrected chi connectivity index (χ0v) is 11.9. The second-order valence-corrected chi connectivity index (χ2v) is 5.41. The molecule has 0 aromatic carbocycles. The number of nitrogens with one attached hydrogen (secondary N) is 1. The molecule has 0 fully saturated rings. The van der Waals surface area contributed by atoms with Gasteiger partial charge in [0.05, 0.1) is 0 Å². The molecular weight excluding hydrogens is 214 g/mol. The molecule has 0 saturated heterocycles. The van der Waals surface area contributed by atoms with E-state index in [1.807, 2.05) is 11.3 Å². The minimum absolute atomic E-state index is 0.555. The minimum atomic E-state index is 0.555. The van der Waals surface area contributed by atoms with Gasteiger partial charge in [0.1, 0.15) is 0 Å². The quantitative estimate of drug-likeness (QED) is 0.744. The van der Waals surface area contributed by atoms with Gasteiger partial charge in [0.15, 0.2) is 0 Å². The van der Waals surface area contributed by atoms with Gasteiger partial charge in [-0.15, -0.1) is 11.3 Å². The molecule has 2 unspecified atom stereocenters. The standard InChI is InChI=1S/C14H25NS/c1-5-8-11(4)13(15-7-3)14-12(6-2)9-10-16-14/h9-11,13,15H,5-8H2,1-4H3. The highest BCUT2D eigenvalue weighted by Crippen LogP contribution is 2.32. The summed E-state index contributed by atoms with van der Waals surface area (Å²) in [5, 5.41) is 5.89. The molecule has 0 radical (unpaired) electrons. The van der Waals surface area contributed by atoms with E-state index in [4.69, 9.17) is 0 Å². The van der Waals surface area contributed by atoms with Gasteiger partial charge in [-0.1, -0.05) is 34.1 Å². The summed E-state index contributed by atoms with van der Waals surface area (Å²) in [5.74, 6) is 0.730. The van der Waals surface area contributed by atoms with Crippen LogP contribution in [0.5, 0.6) is 0 Å². The molecule has 0 aliphatic rings. The lowest BCUT2D eigenvalue weighted by Crippen LogP contribution is -2.26. The largest absolute Gasteiger partial charge is 0.309 e. The first kappa shape index (κ1) is 13.7. The van der Waals surface area contributed by atoms with E-state index in [0.717, 1.165) is 18.9 Å². The van der Waals surface area contributed by atoms with Crippen molar-refractivity contribution in [3.8, 4) is 0 Å². The summed E-state index contributed by atoms with van der Waals surface area (Å²) in [7, 11) is 0. The summed E-state index contributed by atoms with van der Waals surface area (Å²) < 4.78 is 0. The van der Waals surface area contributed by atoms with E-state index in [0.29, 0.717) is 6.04 Å². The van der Waals surface area contributed by atoms with Crippen LogP contribution in [-0.2, 0) is 6.42 Å². The van der Waals surface area contributed by atoms with Gasteiger partial charge < -0.3 is 5.32 Å². The van der Waals surface area contributed by atoms with Crippen LogP contribution >= 0.6 is 11.3 Å². The van der Waals surface area contributed by atoms with Gasteiger partial charge in [-0.2, -0.15) is 0 Å². The Morgan fingerprint density at radius 3 is 2.62 bits per heavy atom. The Bertz CT molecular complexity index is 293. The molecule has 1 heterocycles. The fourth-order valence-corrected chi connectivity index (χ4v) is 3.51. The highest BCUT2D eigenvalue weighted by atomic mass is 32.1. The third kappa shape index (κ3) is 3.33. The van der Waals surface area contributed by atoms with Crippen LogP contribution in [0.4, 0.5) is 0 Å². The number of thiophene rings is 1. The summed E-state index contributed by atoms with van der Waals surface area (Å²) >= 11 is 1.91. The molecule has 1 N–H and O–H groups in total. The van der Waals surface area contributed by atoms with Gasteiger partial charge in [-0.05, 0) is 42.3 Å². The van der Waals surface area contributed by atoms with E-state index < -0.39 is 0 Å². The topological polar surface area (TPSA) is 12.0 Å². The second-order valence-electron chi connectivity index (χ2n) is 4.46. The monoisotopic (exact) mass is 239 g/mol. The van der Waals surface area contributed by atoms with Crippen LogP contribution in [0.1, 0.15) is 57.0 Å². The maximum Gasteiger partial charge on any atom is 0.0443 e. The van der Waals surface area contributed by atoms with Gasteiger partial charge in [0, 0.05) is 10.9 Å². The zero-order valence-electron chi connectivity index (χ0n) is 11.0. The van der Waals surface area contributed by atoms with Gasteiger partial charge >= 0.3 is 0 Å². The Labute approximate surface area is 104 Å². The molecule has 1 nitrogen and oxygen atoms in total. The molecule has 1 aromatic rings. The van der Waals surface area contributed by atoms with Crippen LogP contribution < -0.4 is 5.32 Å². The zero-order chi connectivity index (χ0) is 12.0. The molecule has 1 rings (SSSR count). The smallest absolute Gasteiger partial charge is 0.0443 e. The molecule has 2 heteroatoms. The molecule has 0 aliphatic heterocycles. The lowest BCUT2D eigenvalue weighted by molar-refractivity contribution is 0.372. The predicted octanol–water partition coefficient (Wildman–Crippen LogP) is 4.40. The Kier molecular flexibility index (Phi) is 6.07. The minimum Gasteiger partial charge on any atom is -0.309 e. The van der Waals surface area contributed by atoms with Crippen LogP contribution in [0, 0.1) is 5.92 Å². The predicted molar refractivity (Wildman–Crippen MR) is 74.2 cm³/mol. The van der Waals surface area contributed by atoms with E-state index in [1.165, 1.54) is 18.4 Å². The van der Waals surface area contributed by atoms with Crippen molar-refractivity contribution in [2.75, 3.05) is 6.54 Å². The molecule has 0 amide bonds. The maximum absolute atomic E-state index is 3.65. The molecule has 0 spiro atoms. The Balaban J connectivity index is 2.83. The number of hydrogen-bond donors (Lipinski definition) is 1. The molecule has 2 atom stereocenters. The van der Waals surface area contributed by atoms with E-state index >= 15 is 0 Å².